The van der Waals surface area contributed by atoms with Crippen LogP contribution in [0, 0.1) is 0 Å². The maximum absolute atomic E-state index is 9.70. The fourth-order valence-electron chi connectivity index (χ4n) is 1.94. The van der Waals surface area contributed by atoms with Crippen molar-refractivity contribution in [3.05, 3.63) is 29.8 Å². The van der Waals surface area contributed by atoms with Gasteiger partial charge >= 0.3 is 0 Å². The Bertz CT molecular complexity index is 337. The van der Waals surface area contributed by atoms with Crippen molar-refractivity contribution in [3.63, 3.8) is 0 Å². The number of nitrogens with one attached hydrogen (secondary N) is 1. The smallest absolute Gasteiger partial charge is 0.119 e. The molecule has 1 aromatic carbocycles. The lowest BCUT2D eigenvalue weighted by atomic mass is 10.1. The Hall–Kier alpha value is -1.06. The largest absolute Gasteiger partial charge is 0.494 e. The molecule has 2 N–H and O–H groups in total. The summed E-state index contributed by atoms with van der Waals surface area (Å²) in [6.45, 7) is 7.70. The lowest BCUT2D eigenvalue weighted by molar-refractivity contribution is 0.157. The monoisotopic (exact) mass is 265 g/mol. The van der Waals surface area contributed by atoms with Crippen LogP contribution in [-0.2, 0) is 0 Å². The summed E-state index contributed by atoms with van der Waals surface area (Å²) in [7, 11) is 0. The fraction of sp³-hybridized carbons (Fsp3) is 0.625. The minimum absolute atomic E-state index is 0.242. The second-order valence-electron chi connectivity index (χ2n) is 4.99. The van der Waals surface area contributed by atoms with Gasteiger partial charge in [0.25, 0.3) is 0 Å². The van der Waals surface area contributed by atoms with Gasteiger partial charge in [-0.1, -0.05) is 32.4 Å². The highest BCUT2D eigenvalue weighted by molar-refractivity contribution is 5.28. The minimum atomic E-state index is -0.250. The zero-order chi connectivity index (χ0) is 14.1. The van der Waals surface area contributed by atoms with Crippen LogP contribution in [0.3, 0.4) is 0 Å². The topological polar surface area (TPSA) is 41.5 Å². The molecular formula is C16H27NO2. The maximum atomic E-state index is 9.70. The van der Waals surface area contributed by atoms with Crippen LogP contribution in [0.2, 0.25) is 0 Å². The van der Waals surface area contributed by atoms with Gasteiger partial charge in [0.1, 0.15) is 5.75 Å². The summed E-state index contributed by atoms with van der Waals surface area (Å²) in [5, 5.41) is 13.1. The van der Waals surface area contributed by atoms with Gasteiger partial charge in [-0.3, -0.25) is 0 Å². The molecule has 0 bridgehead atoms. The third-order valence-corrected chi connectivity index (χ3v) is 3.13. The first kappa shape index (κ1) is 16.0. The number of ether oxygens (including phenoxy) is 1. The molecule has 0 aliphatic rings. The van der Waals surface area contributed by atoms with Gasteiger partial charge in [0.2, 0.25) is 0 Å². The lowest BCUT2D eigenvalue weighted by Crippen LogP contribution is -2.28. The molecule has 0 radical (unpaired) electrons. The molecule has 0 saturated carbocycles. The number of aliphatic hydroxyl groups is 1. The van der Waals surface area contributed by atoms with Crippen LogP contribution in [0.25, 0.3) is 0 Å². The molecule has 0 heterocycles. The van der Waals surface area contributed by atoms with Crippen molar-refractivity contribution in [1.82, 2.24) is 5.32 Å². The summed E-state index contributed by atoms with van der Waals surface area (Å²) in [5.74, 6) is 0.920. The van der Waals surface area contributed by atoms with E-state index in [0.717, 1.165) is 31.6 Å². The SMILES string of the molecule is CCCOc1ccc(C(C)NCC(O)CCC)cc1. The third kappa shape index (κ3) is 6.08. The molecule has 108 valence electrons. The molecule has 2 atom stereocenters. The predicted octanol–water partition coefficient (Wildman–Crippen LogP) is 3.29. The van der Waals surface area contributed by atoms with Crippen LogP contribution < -0.4 is 10.1 Å². The average Bonchev–Trinajstić information content (AvgIpc) is 2.43. The van der Waals surface area contributed by atoms with Crippen molar-refractivity contribution in [2.75, 3.05) is 13.2 Å². The van der Waals surface area contributed by atoms with Crippen LogP contribution >= 0.6 is 0 Å². The molecule has 0 amide bonds. The lowest BCUT2D eigenvalue weighted by Gasteiger charge is -2.17. The van der Waals surface area contributed by atoms with Gasteiger partial charge in [0.15, 0.2) is 0 Å². The maximum Gasteiger partial charge on any atom is 0.119 e. The van der Waals surface area contributed by atoms with E-state index in [1.165, 1.54) is 5.56 Å². The zero-order valence-electron chi connectivity index (χ0n) is 12.4. The molecule has 19 heavy (non-hydrogen) atoms. The van der Waals surface area contributed by atoms with Crippen molar-refractivity contribution in [3.8, 4) is 5.75 Å². The van der Waals surface area contributed by atoms with Crippen molar-refractivity contribution >= 4 is 0 Å². The van der Waals surface area contributed by atoms with E-state index < -0.39 is 0 Å². The highest BCUT2D eigenvalue weighted by Crippen LogP contribution is 2.17. The van der Waals surface area contributed by atoms with E-state index in [0.29, 0.717) is 6.54 Å². The molecule has 0 aliphatic carbocycles. The van der Waals surface area contributed by atoms with Crippen LogP contribution in [0.4, 0.5) is 0 Å². The van der Waals surface area contributed by atoms with Gasteiger partial charge in [-0.05, 0) is 37.5 Å². The highest BCUT2D eigenvalue weighted by atomic mass is 16.5. The third-order valence-electron chi connectivity index (χ3n) is 3.13. The molecule has 0 spiro atoms. The number of rotatable bonds is 9. The molecule has 3 nitrogen and oxygen atoms in total. The van der Waals surface area contributed by atoms with Crippen molar-refractivity contribution in [1.29, 1.82) is 0 Å². The second-order valence-corrected chi connectivity index (χ2v) is 4.99. The quantitative estimate of drug-likeness (QED) is 0.720. The standard InChI is InChI=1S/C16H27NO2/c1-4-6-15(18)12-17-13(3)14-7-9-16(10-8-14)19-11-5-2/h7-10,13,15,17-18H,4-6,11-12H2,1-3H3. The number of hydrogen-bond donors (Lipinski definition) is 2. The van der Waals surface area contributed by atoms with Gasteiger partial charge in [0, 0.05) is 12.6 Å². The summed E-state index contributed by atoms with van der Waals surface area (Å²) in [5.41, 5.74) is 1.22. The molecule has 0 aliphatic heterocycles. The van der Waals surface area contributed by atoms with Crippen LogP contribution in [0.1, 0.15) is 51.6 Å². The summed E-state index contributed by atoms with van der Waals surface area (Å²) >= 11 is 0. The van der Waals surface area contributed by atoms with Crippen molar-refractivity contribution in [2.24, 2.45) is 0 Å². The van der Waals surface area contributed by atoms with E-state index in [-0.39, 0.29) is 12.1 Å². The minimum Gasteiger partial charge on any atom is -0.494 e. The van der Waals surface area contributed by atoms with Crippen molar-refractivity contribution < 1.29 is 9.84 Å². The predicted molar refractivity (Wildman–Crippen MR) is 79.6 cm³/mol. The molecule has 0 fully saturated rings. The first-order chi connectivity index (χ1) is 9.17. The van der Waals surface area contributed by atoms with Gasteiger partial charge in [-0.15, -0.1) is 0 Å². The van der Waals surface area contributed by atoms with Crippen molar-refractivity contribution in [2.45, 2.75) is 52.2 Å². The van der Waals surface area contributed by atoms with Gasteiger partial charge in [-0.2, -0.15) is 0 Å². The Labute approximate surface area is 117 Å². The van der Waals surface area contributed by atoms with Gasteiger partial charge < -0.3 is 15.2 Å². The van der Waals surface area contributed by atoms with E-state index in [9.17, 15) is 5.11 Å². The van der Waals surface area contributed by atoms with Crippen LogP contribution in [-0.4, -0.2) is 24.4 Å². The van der Waals surface area contributed by atoms with E-state index in [1.54, 1.807) is 0 Å². The second kappa shape index (κ2) is 8.94. The summed E-state index contributed by atoms with van der Waals surface area (Å²) in [6, 6.07) is 8.41. The molecule has 2 unspecified atom stereocenters. The summed E-state index contributed by atoms with van der Waals surface area (Å²) in [6.07, 6.45) is 2.64. The molecular weight excluding hydrogens is 238 g/mol. The average molecular weight is 265 g/mol. The molecule has 0 aromatic heterocycles. The Morgan fingerprint density at radius 2 is 1.84 bits per heavy atom. The molecule has 3 heteroatoms. The number of hydrogen-bond acceptors (Lipinski definition) is 3. The highest BCUT2D eigenvalue weighted by Gasteiger charge is 2.08. The van der Waals surface area contributed by atoms with E-state index >= 15 is 0 Å². The summed E-state index contributed by atoms with van der Waals surface area (Å²) < 4.78 is 5.56. The normalized spacial score (nSPS) is 14.1. The van der Waals surface area contributed by atoms with E-state index in [2.05, 4.69) is 38.2 Å². The Morgan fingerprint density at radius 3 is 2.42 bits per heavy atom. The molecule has 0 saturated heterocycles. The Kier molecular flexibility index (Phi) is 7.53. The van der Waals surface area contributed by atoms with Gasteiger partial charge in [0.05, 0.1) is 12.7 Å². The Morgan fingerprint density at radius 1 is 1.16 bits per heavy atom. The number of aliphatic hydroxyl groups excluding tert-OH is 1. The first-order valence-electron chi connectivity index (χ1n) is 7.31. The van der Waals surface area contributed by atoms with E-state index in [1.807, 2.05) is 12.1 Å². The van der Waals surface area contributed by atoms with Gasteiger partial charge in [-0.25, -0.2) is 0 Å². The van der Waals surface area contributed by atoms with Crippen LogP contribution in [0.15, 0.2) is 24.3 Å². The fourth-order valence-corrected chi connectivity index (χ4v) is 1.94. The Balaban J connectivity index is 2.41. The van der Waals surface area contributed by atoms with Crippen LogP contribution in [0.5, 0.6) is 5.75 Å². The molecule has 1 rings (SSSR count). The summed E-state index contributed by atoms with van der Waals surface area (Å²) in [4.78, 5) is 0. The zero-order valence-corrected chi connectivity index (χ0v) is 12.4. The van der Waals surface area contributed by atoms with E-state index in [4.69, 9.17) is 4.74 Å². The molecule has 1 aromatic rings. The first-order valence-corrected chi connectivity index (χ1v) is 7.31. The number of benzene rings is 1.